The summed E-state index contributed by atoms with van der Waals surface area (Å²) in [5.41, 5.74) is 0.555. The highest BCUT2D eigenvalue weighted by Crippen LogP contribution is 2.15. The zero-order chi connectivity index (χ0) is 12.3. The Labute approximate surface area is 96.4 Å². The van der Waals surface area contributed by atoms with Gasteiger partial charge in [-0.15, -0.1) is 5.10 Å². The van der Waals surface area contributed by atoms with Crippen LogP contribution in [0.1, 0.15) is 0 Å². The van der Waals surface area contributed by atoms with E-state index in [1.165, 1.54) is 36.1 Å². The summed E-state index contributed by atoms with van der Waals surface area (Å²) < 4.78 is 23.7. The second-order valence-electron chi connectivity index (χ2n) is 3.40. The molecule has 0 radical (unpaired) electrons. The molecule has 0 saturated heterocycles. The highest BCUT2D eigenvalue weighted by molar-refractivity contribution is 5.51. The summed E-state index contributed by atoms with van der Waals surface area (Å²) in [6.45, 7) is 0.690. The van der Waals surface area contributed by atoms with Gasteiger partial charge in [0, 0.05) is 12.7 Å². The van der Waals surface area contributed by atoms with Crippen molar-refractivity contribution in [2.45, 2.75) is 6.54 Å². The van der Waals surface area contributed by atoms with Crippen LogP contribution in [0.3, 0.4) is 0 Å². The van der Waals surface area contributed by atoms with E-state index in [4.69, 9.17) is 9.15 Å². The first kappa shape index (κ1) is 11.5. The van der Waals surface area contributed by atoms with Crippen LogP contribution < -0.4 is 5.76 Å². The Morgan fingerprint density at radius 2 is 2.12 bits per heavy atom. The van der Waals surface area contributed by atoms with Crippen molar-refractivity contribution in [2.24, 2.45) is 0 Å². The highest BCUT2D eigenvalue weighted by atomic mass is 19.1. The molecule has 2 rings (SSSR count). The highest BCUT2D eigenvalue weighted by Gasteiger charge is 2.09. The predicted molar refractivity (Wildman–Crippen MR) is 58.0 cm³/mol. The lowest BCUT2D eigenvalue weighted by atomic mass is 10.2. The number of hydrogen-bond acceptors (Lipinski definition) is 4. The van der Waals surface area contributed by atoms with Gasteiger partial charge in [-0.3, -0.25) is 0 Å². The molecule has 0 N–H and O–H groups in total. The summed E-state index contributed by atoms with van der Waals surface area (Å²) in [7, 11) is 1.53. The number of halogens is 1. The van der Waals surface area contributed by atoms with E-state index in [1.807, 2.05) is 0 Å². The Kier molecular flexibility index (Phi) is 3.34. The molecule has 0 amide bonds. The molecule has 90 valence electrons. The van der Waals surface area contributed by atoms with Gasteiger partial charge >= 0.3 is 5.76 Å². The second-order valence-corrected chi connectivity index (χ2v) is 3.40. The van der Waals surface area contributed by atoms with Crippen molar-refractivity contribution in [2.75, 3.05) is 13.7 Å². The molecule has 0 bridgehead atoms. The monoisotopic (exact) mass is 238 g/mol. The smallest absolute Gasteiger partial charge is 0.388 e. The molecule has 0 saturated carbocycles. The molecule has 0 aliphatic carbocycles. The van der Waals surface area contributed by atoms with Crippen molar-refractivity contribution in [3.8, 4) is 11.5 Å². The number of methoxy groups -OCH3 is 1. The van der Waals surface area contributed by atoms with Crippen molar-refractivity contribution in [3.05, 3.63) is 40.6 Å². The van der Waals surface area contributed by atoms with Gasteiger partial charge in [0.15, 0.2) is 0 Å². The number of nitrogens with zero attached hydrogens (tertiary/aromatic N) is 2. The Bertz CT molecular complexity index is 545. The summed E-state index contributed by atoms with van der Waals surface area (Å²) in [5.74, 6) is -0.734. The van der Waals surface area contributed by atoms with E-state index < -0.39 is 5.76 Å². The SMILES string of the molecule is COCCn1nc(-c2ccc(F)cc2)oc1=O. The van der Waals surface area contributed by atoms with E-state index in [0.29, 0.717) is 18.7 Å². The zero-order valence-electron chi connectivity index (χ0n) is 9.22. The van der Waals surface area contributed by atoms with Crippen molar-refractivity contribution in [1.29, 1.82) is 0 Å². The van der Waals surface area contributed by atoms with Crippen molar-refractivity contribution < 1.29 is 13.5 Å². The van der Waals surface area contributed by atoms with Crippen LogP contribution in [0.15, 0.2) is 33.5 Å². The largest absolute Gasteiger partial charge is 0.437 e. The third-order valence-electron chi connectivity index (χ3n) is 2.20. The fourth-order valence-corrected chi connectivity index (χ4v) is 1.33. The van der Waals surface area contributed by atoms with E-state index in [-0.39, 0.29) is 11.7 Å². The third-order valence-corrected chi connectivity index (χ3v) is 2.20. The topological polar surface area (TPSA) is 57.3 Å². The first-order chi connectivity index (χ1) is 8.20. The van der Waals surface area contributed by atoms with Gasteiger partial charge in [-0.1, -0.05) is 0 Å². The van der Waals surface area contributed by atoms with Crippen LogP contribution in [0, 0.1) is 5.82 Å². The number of rotatable bonds is 4. The van der Waals surface area contributed by atoms with Gasteiger partial charge in [0.1, 0.15) is 5.82 Å². The van der Waals surface area contributed by atoms with E-state index in [2.05, 4.69) is 5.10 Å². The van der Waals surface area contributed by atoms with Gasteiger partial charge in [0.25, 0.3) is 0 Å². The van der Waals surface area contributed by atoms with Gasteiger partial charge in [0.05, 0.1) is 13.2 Å². The lowest BCUT2D eigenvalue weighted by molar-refractivity contribution is 0.181. The summed E-state index contributed by atoms with van der Waals surface area (Å²) in [5, 5.41) is 3.98. The number of hydrogen-bond donors (Lipinski definition) is 0. The summed E-state index contributed by atoms with van der Waals surface area (Å²) in [6, 6.07) is 5.57. The maximum absolute atomic E-state index is 12.7. The Morgan fingerprint density at radius 3 is 2.76 bits per heavy atom. The Morgan fingerprint density at radius 1 is 1.41 bits per heavy atom. The summed E-state index contributed by atoms with van der Waals surface area (Å²) in [6.07, 6.45) is 0. The van der Waals surface area contributed by atoms with E-state index in [9.17, 15) is 9.18 Å². The van der Waals surface area contributed by atoms with Crippen LogP contribution in [0.25, 0.3) is 11.5 Å². The molecule has 0 aliphatic rings. The standard InChI is InChI=1S/C11H11FN2O3/c1-16-7-6-14-11(15)17-10(13-14)8-2-4-9(12)5-3-8/h2-5H,6-7H2,1H3. The molecule has 1 aromatic heterocycles. The fraction of sp³-hybridized carbons (Fsp3) is 0.273. The zero-order valence-corrected chi connectivity index (χ0v) is 9.22. The number of benzene rings is 1. The lowest BCUT2D eigenvalue weighted by Gasteiger charge is -1.95. The van der Waals surface area contributed by atoms with Gasteiger partial charge in [-0.2, -0.15) is 4.68 Å². The van der Waals surface area contributed by atoms with Crippen LogP contribution in [-0.4, -0.2) is 23.5 Å². The third kappa shape index (κ3) is 2.59. The van der Waals surface area contributed by atoms with Crippen LogP contribution in [0.2, 0.25) is 0 Å². The van der Waals surface area contributed by atoms with Crippen LogP contribution in [-0.2, 0) is 11.3 Å². The molecule has 0 spiro atoms. The molecular weight excluding hydrogens is 227 g/mol. The van der Waals surface area contributed by atoms with Crippen LogP contribution in [0.5, 0.6) is 0 Å². The molecule has 0 unspecified atom stereocenters. The van der Waals surface area contributed by atoms with Gasteiger partial charge in [-0.05, 0) is 24.3 Å². The summed E-state index contributed by atoms with van der Waals surface area (Å²) in [4.78, 5) is 11.4. The molecule has 0 atom stereocenters. The molecule has 0 aliphatic heterocycles. The molecule has 1 aromatic carbocycles. The number of aromatic nitrogens is 2. The average Bonchev–Trinajstić information content (AvgIpc) is 2.69. The van der Waals surface area contributed by atoms with Crippen LogP contribution >= 0.6 is 0 Å². The maximum Gasteiger partial charge on any atom is 0.437 e. The van der Waals surface area contributed by atoms with Crippen molar-refractivity contribution in [1.82, 2.24) is 9.78 Å². The molecular formula is C11H11FN2O3. The molecule has 2 aromatic rings. The van der Waals surface area contributed by atoms with E-state index >= 15 is 0 Å². The maximum atomic E-state index is 12.7. The molecule has 17 heavy (non-hydrogen) atoms. The van der Waals surface area contributed by atoms with E-state index in [0.717, 1.165) is 0 Å². The summed E-state index contributed by atoms with van der Waals surface area (Å²) >= 11 is 0. The Hall–Kier alpha value is -1.95. The number of ether oxygens (including phenoxy) is 1. The van der Waals surface area contributed by atoms with Crippen molar-refractivity contribution >= 4 is 0 Å². The molecule has 6 heteroatoms. The lowest BCUT2D eigenvalue weighted by Crippen LogP contribution is -2.18. The van der Waals surface area contributed by atoms with Gasteiger partial charge in [-0.25, -0.2) is 9.18 Å². The minimum absolute atomic E-state index is 0.172. The van der Waals surface area contributed by atoms with Crippen molar-refractivity contribution in [3.63, 3.8) is 0 Å². The predicted octanol–water partition coefficient (Wildman–Crippen LogP) is 1.29. The quantitative estimate of drug-likeness (QED) is 0.805. The fourth-order valence-electron chi connectivity index (χ4n) is 1.33. The van der Waals surface area contributed by atoms with Gasteiger partial charge < -0.3 is 9.15 Å². The molecule has 1 heterocycles. The minimum atomic E-state index is -0.554. The minimum Gasteiger partial charge on any atom is -0.388 e. The second kappa shape index (κ2) is 4.92. The first-order valence-electron chi connectivity index (χ1n) is 5.03. The molecule has 0 fully saturated rings. The first-order valence-corrected chi connectivity index (χ1v) is 5.03. The molecule has 5 nitrogen and oxygen atoms in total. The van der Waals surface area contributed by atoms with E-state index in [1.54, 1.807) is 0 Å². The average molecular weight is 238 g/mol. The van der Waals surface area contributed by atoms with Gasteiger partial charge in [0.2, 0.25) is 5.89 Å². The normalized spacial score (nSPS) is 10.7. The Balaban J connectivity index is 2.28. The van der Waals surface area contributed by atoms with Crippen LogP contribution in [0.4, 0.5) is 4.39 Å².